The van der Waals surface area contributed by atoms with Gasteiger partial charge in [0.25, 0.3) is 0 Å². The molecule has 0 aliphatic heterocycles. The van der Waals surface area contributed by atoms with E-state index in [1.165, 1.54) is 0 Å². The third kappa shape index (κ3) is 2.83. The number of nitrogens with one attached hydrogen (secondary N) is 1. The molecule has 4 atom stereocenters. The largest absolute Gasteiger partial charge is 0.481 e. The number of carbonyl (C=O) groups is 2. The van der Waals surface area contributed by atoms with E-state index in [1.54, 1.807) is 7.11 Å². The highest BCUT2D eigenvalue weighted by molar-refractivity contribution is 5.85. The van der Waals surface area contributed by atoms with Crippen LogP contribution in [0.3, 0.4) is 0 Å². The van der Waals surface area contributed by atoms with E-state index in [2.05, 4.69) is 5.32 Å². The topological polar surface area (TPSA) is 75.6 Å². The Bertz CT molecular complexity index is 331. The van der Waals surface area contributed by atoms with Crippen molar-refractivity contribution in [3.05, 3.63) is 0 Å². The first kappa shape index (κ1) is 13.3. The van der Waals surface area contributed by atoms with E-state index in [9.17, 15) is 9.59 Å². The molecule has 18 heavy (non-hydrogen) atoms. The molecule has 2 aliphatic rings. The number of rotatable bonds is 4. The summed E-state index contributed by atoms with van der Waals surface area (Å²) in [4.78, 5) is 23.1. The van der Waals surface area contributed by atoms with Gasteiger partial charge in [0.2, 0.25) is 5.91 Å². The minimum atomic E-state index is -0.839. The molecule has 5 heteroatoms. The van der Waals surface area contributed by atoms with Gasteiger partial charge in [-0.1, -0.05) is 6.42 Å². The number of aliphatic carboxylic acids is 1. The van der Waals surface area contributed by atoms with E-state index < -0.39 is 11.9 Å². The molecule has 0 bridgehead atoms. The van der Waals surface area contributed by atoms with Gasteiger partial charge in [-0.05, 0) is 32.1 Å². The maximum absolute atomic E-state index is 12.1. The van der Waals surface area contributed by atoms with Gasteiger partial charge < -0.3 is 15.2 Å². The molecular weight excluding hydrogens is 234 g/mol. The van der Waals surface area contributed by atoms with Gasteiger partial charge in [-0.2, -0.15) is 0 Å². The zero-order chi connectivity index (χ0) is 13.1. The van der Waals surface area contributed by atoms with Crippen LogP contribution in [0.1, 0.15) is 38.5 Å². The second-order valence-electron chi connectivity index (χ2n) is 5.36. The average molecular weight is 255 g/mol. The van der Waals surface area contributed by atoms with Gasteiger partial charge in [-0.3, -0.25) is 9.59 Å². The second-order valence-corrected chi connectivity index (χ2v) is 5.36. The van der Waals surface area contributed by atoms with Crippen molar-refractivity contribution >= 4 is 11.9 Å². The molecular formula is C13H21NO4. The van der Waals surface area contributed by atoms with E-state index in [-0.39, 0.29) is 24.0 Å². The van der Waals surface area contributed by atoms with Crippen LogP contribution in [0.2, 0.25) is 0 Å². The first-order chi connectivity index (χ1) is 8.61. The lowest BCUT2D eigenvalue weighted by molar-refractivity contribution is -0.146. The van der Waals surface area contributed by atoms with Crippen LogP contribution in [0.5, 0.6) is 0 Å². The molecule has 102 valence electrons. The molecule has 5 nitrogen and oxygen atoms in total. The molecule has 2 aliphatic carbocycles. The molecule has 2 fully saturated rings. The SMILES string of the molecule is COC1CCC(NC(=O)[C@@H]2CCC[C@@H]2C(=O)O)C1. The van der Waals surface area contributed by atoms with Crippen LogP contribution in [0, 0.1) is 11.8 Å². The summed E-state index contributed by atoms with van der Waals surface area (Å²) in [6.07, 6.45) is 5.12. The molecule has 2 N–H and O–H groups in total. The third-order valence-corrected chi connectivity index (χ3v) is 4.23. The molecule has 0 aromatic rings. The fourth-order valence-corrected chi connectivity index (χ4v) is 3.16. The highest BCUT2D eigenvalue weighted by atomic mass is 16.5. The first-order valence-electron chi connectivity index (χ1n) is 6.67. The third-order valence-electron chi connectivity index (χ3n) is 4.23. The number of hydrogen-bond acceptors (Lipinski definition) is 3. The Morgan fingerprint density at radius 1 is 1.17 bits per heavy atom. The molecule has 2 saturated carbocycles. The molecule has 0 spiro atoms. The number of ether oxygens (including phenoxy) is 1. The Labute approximate surface area is 107 Å². The predicted molar refractivity (Wildman–Crippen MR) is 65.0 cm³/mol. The van der Waals surface area contributed by atoms with Crippen LogP contribution < -0.4 is 5.32 Å². The maximum Gasteiger partial charge on any atom is 0.307 e. The van der Waals surface area contributed by atoms with E-state index >= 15 is 0 Å². The monoisotopic (exact) mass is 255 g/mol. The lowest BCUT2D eigenvalue weighted by Gasteiger charge is -2.19. The number of amides is 1. The summed E-state index contributed by atoms with van der Waals surface area (Å²) in [6.45, 7) is 0. The van der Waals surface area contributed by atoms with Crippen molar-refractivity contribution in [3.8, 4) is 0 Å². The fraction of sp³-hybridized carbons (Fsp3) is 0.846. The second kappa shape index (κ2) is 5.69. The Hall–Kier alpha value is -1.10. The smallest absolute Gasteiger partial charge is 0.307 e. The minimum absolute atomic E-state index is 0.0818. The van der Waals surface area contributed by atoms with E-state index in [0.717, 1.165) is 25.7 Å². The highest BCUT2D eigenvalue weighted by Crippen LogP contribution is 2.32. The minimum Gasteiger partial charge on any atom is -0.481 e. The Morgan fingerprint density at radius 3 is 2.50 bits per heavy atom. The first-order valence-corrected chi connectivity index (χ1v) is 6.67. The Balaban J connectivity index is 1.86. The summed E-state index contributed by atoms with van der Waals surface area (Å²) in [5, 5.41) is 12.1. The zero-order valence-corrected chi connectivity index (χ0v) is 10.7. The van der Waals surface area contributed by atoms with Gasteiger partial charge in [-0.25, -0.2) is 0 Å². The summed E-state index contributed by atoms with van der Waals surface area (Å²) in [7, 11) is 1.69. The van der Waals surface area contributed by atoms with Crippen molar-refractivity contribution in [1.82, 2.24) is 5.32 Å². The maximum atomic E-state index is 12.1. The van der Waals surface area contributed by atoms with Crippen LogP contribution in [0.25, 0.3) is 0 Å². The van der Waals surface area contributed by atoms with Crippen LogP contribution in [-0.2, 0) is 14.3 Å². The van der Waals surface area contributed by atoms with Crippen molar-refractivity contribution in [3.63, 3.8) is 0 Å². The molecule has 0 saturated heterocycles. The molecule has 0 aromatic carbocycles. The average Bonchev–Trinajstić information content (AvgIpc) is 2.96. The zero-order valence-electron chi connectivity index (χ0n) is 10.7. The number of carboxylic acid groups (broad SMARTS) is 1. The summed E-state index contributed by atoms with van der Waals surface area (Å²) < 4.78 is 5.26. The van der Waals surface area contributed by atoms with Crippen molar-refractivity contribution in [2.75, 3.05) is 7.11 Å². The fourth-order valence-electron chi connectivity index (χ4n) is 3.16. The van der Waals surface area contributed by atoms with Crippen LogP contribution >= 0.6 is 0 Å². The predicted octanol–water partition coefficient (Wildman–Crippen LogP) is 1.17. The molecule has 1 amide bonds. The normalized spacial score (nSPS) is 35.6. The van der Waals surface area contributed by atoms with Gasteiger partial charge in [0, 0.05) is 13.2 Å². The van der Waals surface area contributed by atoms with Gasteiger partial charge in [0.1, 0.15) is 0 Å². The summed E-state index contributed by atoms with van der Waals surface area (Å²) >= 11 is 0. The van der Waals surface area contributed by atoms with Crippen molar-refractivity contribution < 1.29 is 19.4 Å². The van der Waals surface area contributed by atoms with Gasteiger partial charge in [0.05, 0.1) is 17.9 Å². The van der Waals surface area contributed by atoms with E-state index in [1.807, 2.05) is 0 Å². The molecule has 0 aromatic heterocycles. The van der Waals surface area contributed by atoms with Crippen molar-refractivity contribution in [1.29, 1.82) is 0 Å². The van der Waals surface area contributed by atoms with Crippen molar-refractivity contribution in [2.24, 2.45) is 11.8 Å². The van der Waals surface area contributed by atoms with E-state index in [0.29, 0.717) is 12.8 Å². The number of methoxy groups -OCH3 is 1. The van der Waals surface area contributed by atoms with Crippen LogP contribution in [-0.4, -0.2) is 36.2 Å². The van der Waals surface area contributed by atoms with Gasteiger partial charge in [0.15, 0.2) is 0 Å². The lowest BCUT2D eigenvalue weighted by Crippen LogP contribution is -2.40. The molecule has 2 rings (SSSR count). The molecule has 0 heterocycles. The van der Waals surface area contributed by atoms with Crippen LogP contribution in [0.4, 0.5) is 0 Å². The van der Waals surface area contributed by atoms with E-state index in [4.69, 9.17) is 9.84 Å². The Morgan fingerprint density at radius 2 is 1.89 bits per heavy atom. The Kier molecular flexibility index (Phi) is 4.22. The van der Waals surface area contributed by atoms with Gasteiger partial charge >= 0.3 is 5.97 Å². The highest BCUT2D eigenvalue weighted by Gasteiger charge is 2.39. The quantitative estimate of drug-likeness (QED) is 0.790. The van der Waals surface area contributed by atoms with Crippen molar-refractivity contribution in [2.45, 2.75) is 50.7 Å². The molecule has 0 radical (unpaired) electrons. The number of carboxylic acids is 1. The van der Waals surface area contributed by atoms with Crippen LogP contribution in [0.15, 0.2) is 0 Å². The number of hydrogen-bond donors (Lipinski definition) is 2. The summed E-state index contributed by atoms with van der Waals surface area (Å²) in [6, 6.07) is 0.150. The lowest BCUT2D eigenvalue weighted by atomic mass is 9.95. The molecule has 2 unspecified atom stereocenters. The summed E-state index contributed by atoms with van der Waals surface area (Å²) in [5.74, 6) is -1.76. The van der Waals surface area contributed by atoms with Gasteiger partial charge in [-0.15, -0.1) is 0 Å². The number of carbonyl (C=O) groups excluding carboxylic acids is 1. The summed E-state index contributed by atoms with van der Waals surface area (Å²) in [5.41, 5.74) is 0. The standard InChI is InChI=1S/C13H21NO4/c1-18-9-6-5-8(7-9)14-12(15)10-3-2-4-11(10)13(16)17/h8-11H,2-7H2,1H3,(H,14,15)(H,16,17)/t8?,9?,10-,11+/m1/s1.